The molecule has 0 heterocycles. The third-order valence-electron chi connectivity index (χ3n) is 2.62. The van der Waals surface area contributed by atoms with E-state index in [1.807, 2.05) is 32.9 Å². The second kappa shape index (κ2) is 6.51. The van der Waals surface area contributed by atoms with Crippen LogP contribution in [0, 0.1) is 12.6 Å². The Morgan fingerprint density at radius 2 is 1.94 bits per heavy atom. The SMILES string of the molecule is CC(C)(C)C(CO)/N=C/c1cc(I)cc(I)c1O. The highest BCUT2D eigenvalue weighted by atomic mass is 127. The third-order valence-corrected chi connectivity index (χ3v) is 4.07. The molecule has 0 aliphatic carbocycles. The van der Waals surface area contributed by atoms with Gasteiger partial charge in [0.2, 0.25) is 0 Å². The molecule has 0 aromatic heterocycles. The smallest absolute Gasteiger partial charge is 0.137 e. The van der Waals surface area contributed by atoms with Crippen molar-refractivity contribution < 1.29 is 10.2 Å². The first-order chi connectivity index (χ1) is 8.25. The lowest BCUT2D eigenvalue weighted by Crippen LogP contribution is -2.28. The van der Waals surface area contributed by atoms with Crippen LogP contribution in [0.15, 0.2) is 17.1 Å². The molecular formula is C13H17I2NO2. The number of hydrogen-bond acceptors (Lipinski definition) is 3. The number of aromatic hydroxyl groups is 1. The monoisotopic (exact) mass is 473 g/mol. The Morgan fingerprint density at radius 1 is 1.33 bits per heavy atom. The van der Waals surface area contributed by atoms with Crippen LogP contribution in [0.3, 0.4) is 0 Å². The van der Waals surface area contributed by atoms with Crippen LogP contribution in [0.4, 0.5) is 0 Å². The first-order valence-corrected chi connectivity index (χ1v) is 7.73. The number of halogens is 2. The van der Waals surface area contributed by atoms with Gasteiger partial charge in [-0.05, 0) is 62.7 Å². The summed E-state index contributed by atoms with van der Waals surface area (Å²) in [7, 11) is 0. The molecule has 0 amide bonds. The number of rotatable bonds is 3. The van der Waals surface area contributed by atoms with E-state index in [0.29, 0.717) is 5.56 Å². The van der Waals surface area contributed by atoms with Crippen LogP contribution >= 0.6 is 45.2 Å². The van der Waals surface area contributed by atoms with Crippen LogP contribution in [-0.4, -0.2) is 29.1 Å². The summed E-state index contributed by atoms with van der Waals surface area (Å²) in [5.74, 6) is 0.241. The van der Waals surface area contributed by atoms with E-state index in [2.05, 4.69) is 50.2 Å². The van der Waals surface area contributed by atoms with Crippen LogP contribution < -0.4 is 0 Å². The lowest BCUT2D eigenvalue weighted by molar-refractivity contribution is 0.191. The summed E-state index contributed by atoms with van der Waals surface area (Å²) in [6.45, 7) is 6.10. The second-order valence-electron chi connectivity index (χ2n) is 5.17. The topological polar surface area (TPSA) is 52.8 Å². The van der Waals surface area contributed by atoms with E-state index >= 15 is 0 Å². The fraction of sp³-hybridized carbons (Fsp3) is 0.462. The highest BCUT2D eigenvalue weighted by Crippen LogP contribution is 2.27. The molecule has 0 saturated carbocycles. The Bertz CT molecular complexity index is 453. The normalized spacial score (nSPS) is 14.1. The number of aliphatic hydroxyl groups is 1. The van der Waals surface area contributed by atoms with Crippen molar-refractivity contribution in [3.63, 3.8) is 0 Å². The molecule has 1 aromatic carbocycles. The van der Waals surface area contributed by atoms with E-state index in [9.17, 15) is 10.2 Å². The van der Waals surface area contributed by atoms with E-state index in [-0.39, 0.29) is 23.8 Å². The predicted molar refractivity (Wildman–Crippen MR) is 91.5 cm³/mol. The summed E-state index contributed by atoms with van der Waals surface area (Å²) in [5, 5.41) is 19.3. The molecule has 2 N–H and O–H groups in total. The maximum Gasteiger partial charge on any atom is 0.137 e. The fourth-order valence-corrected chi connectivity index (χ4v) is 3.29. The maximum atomic E-state index is 9.95. The Kier molecular flexibility index (Phi) is 5.85. The first kappa shape index (κ1) is 16.2. The van der Waals surface area contributed by atoms with E-state index in [1.165, 1.54) is 0 Å². The van der Waals surface area contributed by atoms with Gasteiger partial charge in [-0.25, -0.2) is 0 Å². The van der Waals surface area contributed by atoms with Gasteiger partial charge in [0.25, 0.3) is 0 Å². The van der Waals surface area contributed by atoms with Crippen LogP contribution in [-0.2, 0) is 0 Å². The highest BCUT2D eigenvalue weighted by Gasteiger charge is 2.22. The van der Waals surface area contributed by atoms with Gasteiger partial charge in [-0.1, -0.05) is 20.8 Å². The largest absolute Gasteiger partial charge is 0.506 e. The minimum atomic E-state index is -0.174. The molecule has 0 spiro atoms. The van der Waals surface area contributed by atoms with E-state index in [0.717, 1.165) is 7.14 Å². The Morgan fingerprint density at radius 3 is 2.44 bits per heavy atom. The lowest BCUT2D eigenvalue weighted by Gasteiger charge is -2.25. The maximum absolute atomic E-state index is 9.95. The summed E-state index contributed by atoms with van der Waals surface area (Å²) in [6, 6.07) is 3.60. The van der Waals surface area contributed by atoms with Crippen molar-refractivity contribution in [1.82, 2.24) is 0 Å². The first-order valence-electron chi connectivity index (χ1n) is 5.57. The molecule has 0 bridgehead atoms. The average molecular weight is 473 g/mol. The molecule has 3 nitrogen and oxygen atoms in total. The van der Waals surface area contributed by atoms with Gasteiger partial charge in [0.15, 0.2) is 0 Å². The summed E-state index contributed by atoms with van der Waals surface area (Å²) < 4.78 is 1.85. The van der Waals surface area contributed by atoms with Crippen molar-refractivity contribution in [3.05, 3.63) is 24.8 Å². The number of aliphatic imine (C=N–C) groups is 1. The molecule has 1 unspecified atom stereocenters. The molecule has 18 heavy (non-hydrogen) atoms. The van der Waals surface area contributed by atoms with E-state index in [4.69, 9.17) is 0 Å². The van der Waals surface area contributed by atoms with Crippen molar-refractivity contribution >= 4 is 51.4 Å². The number of benzene rings is 1. The van der Waals surface area contributed by atoms with Crippen LogP contribution in [0.25, 0.3) is 0 Å². The van der Waals surface area contributed by atoms with Crippen molar-refractivity contribution in [3.8, 4) is 5.75 Å². The van der Waals surface area contributed by atoms with Gasteiger partial charge >= 0.3 is 0 Å². The summed E-state index contributed by atoms with van der Waals surface area (Å²) >= 11 is 4.30. The minimum absolute atomic E-state index is 0.00177. The molecule has 0 aliphatic heterocycles. The molecule has 100 valence electrons. The van der Waals surface area contributed by atoms with Gasteiger partial charge < -0.3 is 10.2 Å². The van der Waals surface area contributed by atoms with Crippen molar-refractivity contribution in [1.29, 1.82) is 0 Å². The molecule has 5 heteroatoms. The number of hydrogen-bond donors (Lipinski definition) is 2. The van der Waals surface area contributed by atoms with Gasteiger partial charge in [0.1, 0.15) is 5.75 Å². The third kappa shape index (κ3) is 4.34. The molecule has 1 aromatic rings. The Balaban J connectivity index is 3.04. The van der Waals surface area contributed by atoms with Crippen molar-refractivity contribution in [2.24, 2.45) is 10.4 Å². The number of phenolic OH excluding ortho intramolecular Hbond substituents is 1. The number of aliphatic hydroxyl groups excluding tert-OH is 1. The quantitative estimate of drug-likeness (QED) is 0.523. The fourth-order valence-electron chi connectivity index (χ4n) is 1.40. The zero-order chi connectivity index (χ0) is 13.9. The number of phenols is 1. The zero-order valence-electron chi connectivity index (χ0n) is 10.6. The van der Waals surface area contributed by atoms with E-state index in [1.54, 1.807) is 6.21 Å². The van der Waals surface area contributed by atoms with Gasteiger partial charge in [-0.15, -0.1) is 0 Å². The predicted octanol–water partition coefficient (Wildman–Crippen LogP) is 3.43. The van der Waals surface area contributed by atoms with Crippen molar-refractivity contribution in [2.75, 3.05) is 6.61 Å². The van der Waals surface area contributed by atoms with Crippen molar-refractivity contribution in [2.45, 2.75) is 26.8 Å². The van der Waals surface area contributed by atoms with Gasteiger partial charge in [0, 0.05) is 15.3 Å². The summed E-state index contributed by atoms with van der Waals surface area (Å²) in [4.78, 5) is 4.39. The van der Waals surface area contributed by atoms with Crippen LogP contribution in [0.5, 0.6) is 5.75 Å². The average Bonchev–Trinajstić information content (AvgIpc) is 2.23. The standard InChI is InChI=1S/C13H17I2NO2/c1-13(2,3)11(7-17)16-6-8-4-9(14)5-10(15)12(8)18/h4-6,11,17-18H,7H2,1-3H3/b16-6+. The van der Waals surface area contributed by atoms with E-state index < -0.39 is 0 Å². The zero-order valence-corrected chi connectivity index (χ0v) is 14.9. The van der Waals surface area contributed by atoms with Gasteiger partial charge in [-0.2, -0.15) is 0 Å². The lowest BCUT2D eigenvalue weighted by atomic mass is 9.88. The highest BCUT2D eigenvalue weighted by molar-refractivity contribution is 14.1. The summed E-state index contributed by atoms with van der Waals surface area (Å²) in [6.07, 6.45) is 1.64. The molecule has 0 aliphatic rings. The van der Waals surface area contributed by atoms with Gasteiger partial charge in [-0.3, -0.25) is 4.99 Å². The van der Waals surface area contributed by atoms with Crippen LogP contribution in [0.2, 0.25) is 0 Å². The minimum Gasteiger partial charge on any atom is -0.506 e. The second-order valence-corrected chi connectivity index (χ2v) is 7.58. The Hall–Kier alpha value is 0.110. The van der Waals surface area contributed by atoms with Gasteiger partial charge in [0.05, 0.1) is 16.2 Å². The molecular weight excluding hydrogens is 456 g/mol. The molecule has 1 rings (SSSR count). The van der Waals surface area contributed by atoms with Crippen LogP contribution in [0.1, 0.15) is 26.3 Å². The Labute approximate surface area is 135 Å². The number of nitrogens with zero attached hydrogens (tertiary/aromatic N) is 1. The molecule has 0 fully saturated rings. The molecule has 0 radical (unpaired) electrons. The summed E-state index contributed by atoms with van der Waals surface area (Å²) in [5.41, 5.74) is 0.588. The molecule has 0 saturated heterocycles. The molecule has 1 atom stereocenters.